The second-order valence-electron chi connectivity index (χ2n) is 2.86. The Kier molecular flexibility index (Phi) is 3.42. The van der Waals surface area contributed by atoms with Gasteiger partial charge in [0, 0.05) is 13.1 Å². The van der Waals surface area contributed by atoms with Gasteiger partial charge in [-0.3, -0.25) is 0 Å². The summed E-state index contributed by atoms with van der Waals surface area (Å²) in [6, 6.07) is 0. The smallest absolute Gasteiger partial charge is 0.407 e. The van der Waals surface area contributed by atoms with E-state index in [4.69, 9.17) is 5.11 Å². The lowest BCUT2D eigenvalue weighted by Gasteiger charge is -2.10. The number of carbonyl (C=O) groups is 1. The number of hydrogen-bond acceptors (Lipinski definition) is 1. The van der Waals surface area contributed by atoms with Gasteiger partial charge in [0.1, 0.15) is 0 Å². The third kappa shape index (κ3) is 2.50. The summed E-state index contributed by atoms with van der Waals surface area (Å²) in [4.78, 5) is 12.0. The van der Waals surface area contributed by atoms with Crippen molar-refractivity contribution in [3.8, 4) is 0 Å². The first kappa shape index (κ1) is 9.09. The average Bonchev–Trinajstić information content (AvgIpc) is 2.37. The van der Waals surface area contributed by atoms with Crippen LogP contribution in [0.3, 0.4) is 0 Å². The van der Waals surface area contributed by atoms with Gasteiger partial charge in [0.05, 0.1) is 0 Å². The second-order valence-corrected chi connectivity index (χ2v) is 3.94. The van der Waals surface area contributed by atoms with Gasteiger partial charge in [-0.2, -0.15) is 0 Å². The fourth-order valence-electron chi connectivity index (χ4n) is 1.40. The highest BCUT2D eigenvalue weighted by Gasteiger charge is 2.24. The summed E-state index contributed by atoms with van der Waals surface area (Å²) in [5, 5.41) is 8.62. The topological polar surface area (TPSA) is 40.5 Å². The average molecular weight is 269 g/mol. The summed E-state index contributed by atoms with van der Waals surface area (Å²) in [6.07, 6.45) is 1.44. The number of halogens is 1. The van der Waals surface area contributed by atoms with Gasteiger partial charge in [-0.1, -0.05) is 22.6 Å². The van der Waals surface area contributed by atoms with E-state index in [9.17, 15) is 4.79 Å². The van der Waals surface area contributed by atoms with Crippen LogP contribution in [-0.2, 0) is 0 Å². The molecule has 0 radical (unpaired) electrons. The van der Waals surface area contributed by atoms with E-state index < -0.39 is 6.09 Å². The molecular weight excluding hydrogens is 257 g/mol. The van der Waals surface area contributed by atoms with Gasteiger partial charge >= 0.3 is 6.09 Å². The third-order valence-corrected chi connectivity index (χ3v) is 2.70. The van der Waals surface area contributed by atoms with Gasteiger partial charge < -0.3 is 10.0 Å². The maximum absolute atomic E-state index is 10.5. The summed E-state index contributed by atoms with van der Waals surface area (Å²) in [5.41, 5.74) is 0. The Morgan fingerprint density at radius 2 is 2.45 bits per heavy atom. The maximum atomic E-state index is 10.5. The zero-order chi connectivity index (χ0) is 8.27. The molecule has 1 aliphatic heterocycles. The van der Waals surface area contributed by atoms with Gasteiger partial charge in [-0.05, 0) is 23.2 Å². The molecule has 0 aromatic heterocycles. The van der Waals surface area contributed by atoms with E-state index in [2.05, 4.69) is 22.6 Å². The first-order valence-corrected chi connectivity index (χ1v) is 5.30. The molecule has 0 aromatic carbocycles. The monoisotopic (exact) mass is 269 g/mol. The van der Waals surface area contributed by atoms with Gasteiger partial charge in [0.25, 0.3) is 0 Å². The highest BCUT2D eigenvalue weighted by atomic mass is 127. The van der Waals surface area contributed by atoms with E-state index in [0.29, 0.717) is 5.92 Å². The lowest BCUT2D eigenvalue weighted by molar-refractivity contribution is 0.154. The summed E-state index contributed by atoms with van der Waals surface area (Å²) < 4.78 is 1.13. The minimum Gasteiger partial charge on any atom is -0.465 e. The quantitative estimate of drug-likeness (QED) is 0.613. The molecule has 0 bridgehead atoms. The molecule has 4 heteroatoms. The minimum absolute atomic E-state index is 0.614. The number of nitrogens with zero attached hydrogens (tertiary/aromatic N) is 1. The van der Waals surface area contributed by atoms with Crippen LogP contribution in [0, 0.1) is 5.92 Å². The predicted octanol–water partition coefficient (Wildman–Crippen LogP) is 1.81. The highest BCUT2D eigenvalue weighted by Crippen LogP contribution is 2.19. The number of rotatable bonds is 2. The lowest BCUT2D eigenvalue weighted by atomic mass is 10.1. The molecule has 11 heavy (non-hydrogen) atoms. The first-order chi connectivity index (χ1) is 5.24. The minimum atomic E-state index is -0.763. The molecule has 3 nitrogen and oxygen atoms in total. The number of alkyl halides is 1. The van der Waals surface area contributed by atoms with Crippen molar-refractivity contribution >= 4 is 28.7 Å². The van der Waals surface area contributed by atoms with Gasteiger partial charge in [0.15, 0.2) is 0 Å². The molecule has 1 fully saturated rings. The van der Waals surface area contributed by atoms with Crippen LogP contribution in [0.2, 0.25) is 0 Å². The van der Waals surface area contributed by atoms with Crippen LogP contribution < -0.4 is 0 Å². The normalized spacial score (nSPS) is 24.1. The van der Waals surface area contributed by atoms with Crippen molar-refractivity contribution in [3.63, 3.8) is 0 Å². The van der Waals surface area contributed by atoms with E-state index >= 15 is 0 Å². The Morgan fingerprint density at radius 1 is 1.73 bits per heavy atom. The summed E-state index contributed by atoms with van der Waals surface area (Å²) in [7, 11) is 0. The van der Waals surface area contributed by atoms with E-state index in [1.54, 1.807) is 0 Å². The molecule has 1 aliphatic rings. The van der Waals surface area contributed by atoms with Gasteiger partial charge in [-0.15, -0.1) is 0 Å². The van der Waals surface area contributed by atoms with E-state index in [1.165, 1.54) is 4.90 Å². The van der Waals surface area contributed by atoms with Crippen LogP contribution in [0.5, 0.6) is 0 Å². The Morgan fingerprint density at radius 3 is 2.91 bits per heavy atom. The van der Waals surface area contributed by atoms with Crippen molar-refractivity contribution in [2.75, 3.05) is 17.5 Å². The van der Waals surface area contributed by atoms with E-state index in [-0.39, 0.29) is 0 Å². The zero-order valence-electron chi connectivity index (χ0n) is 6.29. The molecule has 0 aromatic rings. The summed E-state index contributed by atoms with van der Waals surface area (Å²) in [5.74, 6) is 0.614. The molecule has 1 heterocycles. The molecule has 1 saturated heterocycles. The molecule has 1 N–H and O–H groups in total. The number of carboxylic acid groups (broad SMARTS) is 1. The molecule has 64 valence electrons. The van der Waals surface area contributed by atoms with Gasteiger partial charge in [0.2, 0.25) is 0 Å². The van der Waals surface area contributed by atoms with Crippen molar-refractivity contribution in [1.29, 1.82) is 0 Å². The fourth-order valence-corrected chi connectivity index (χ4v) is 2.28. The summed E-state index contributed by atoms with van der Waals surface area (Å²) in [6.45, 7) is 1.48. The standard InChI is InChI=1S/C7H12INO2/c8-3-1-6-2-4-9(5-6)7(10)11/h6H,1-5H2,(H,10,11). The Bertz CT molecular complexity index is 151. The molecular formula is C7H12INO2. The van der Waals surface area contributed by atoms with E-state index in [0.717, 1.165) is 30.4 Å². The first-order valence-electron chi connectivity index (χ1n) is 3.78. The molecule has 1 atom stereocenters. The molecule has 0 saturated carbocycles. The van der Waals surface area contributed by atoms with Crippen LogP contribution in [0.25, 0.3) is 0 Å². The zero-order valence-corrected chi connectivity index (χ0v) is 8.45. The Labute approximate surface area is 79.9 Å². The SMILES string of the molecule is O=C(O)N1CCC(CCI)C1. The third-order valence-electron chi connectivity index (χ3n) is 2.07. The van der Waals surface area contributed by atoms with Gasteiger partial charge in [-0.25, -0.2) is 4.79 Å². The highest BCUT2D eigenvalue weighted by molar-refractivity contribution is 14.1. The van der Waals surface area contributed by atoms with E-state index in [1.807, 2.05) is 0 Å². The van der Waals surface area contributed by atoms with Crippen LogP contribution in [0.1, 0.15) is 12.8 Å². The molecule has 0 aliphatic carbocycles. The second kappa shape index (κ2) is 4.13. The largest absolute Gasteiger partial charge is 0.465 e. The number of hydrogen-bond donors (Lipinski definition) is 1. The van der Waals surface area contributed by atoms with Crippen molar-refractivity contribution < 1.29 is 9.90 Å². The summed E-state index contributed by atoms with van der Waals surface area (Å²) >= 11 is 2.34. The van der Waals surface area contributed by atoms with Crippen LogP contribution in [-0.4, -0.2) is 33.6 Å². The fraction of sp³-hybridized carbons (Fsp3) is 0.857. The molecule has 0 spiro atoms. The molecule has 1 amide bonds. The molecule has 1 rings (SSSR count). The lowest BCUT2D eigenvalue weighted by Crippen LogP contribution is -2.26. The van der Waals surface area contributed by atoms with Crippen LogP contribution in [0.15, 0.2) is 0 Å². The maximum Gasteiger partial charge on any atom is 0.407 e. The van der Waals surface area contributed by atoms with Crippen LogP contribution in [0.4, 0.5) is 4.79 Å². The van der Waals surface area contributed by atoms with Crippen molar-refractivity contribution in [1.82, 2.24) is 4.90 Å². The molecule has 1 unspecified atom stereocenters. The number of likely N-dealkylation sites (tertiary alicyclic amines) is 1. The van der Waals surface area contributed by atoms with Crippen LogP contribution >= 0.6 is 22.6 Å². The van der Waals surface area contributed by atoms with Crippen molar-refractivity contribution in [2.24, 2.45) is 5.92 Å². The predicted molar refractivity (Wildman–Crippen MR) is 51.2 cm³/mol. The Hall–Kier alpha value is 0. The number of amides is 1. The Balaban J connectivity index is 2.29. The van der Waals surface area contributed by atoms with Crippen molar-refractivity contribution in [3.05, 3.63) is 0 Å². The van der Waals surface area contributed by atoms with Crippen molar-refractivity contribution in [2.45, 2.75) is 12.8 Å².